The monoisotopic (exact) mass is 452 g/mol. The highest BCUT2D eigenvalue weighted by molar-refractivity contribution is 5.93. The molecule has 4 rings (SSSR count). The molecule has 8 nitrogen and oxygen atoms in total. The van der Waals surface area contributed by atoms with Crippen molar-refractivity contribution < 1.29 is 23.5 Å². The number of hydrogen-bond donors (Lipinski definition) is 1. The van der Waals surface area contributed by atoms with Crippen LogP contribution in [0.2, 0.25) is 0 Å². The lowest BCUT2D eigenvalue weighted by Crippen LogP contribution is -2.40. The molecule has 1 saturated heterocycles. The molecule has 1 N–H and O–H groups in total. The highest BCUT2D eigenvalue weighted by Crippen LogP contribution is 2.18. The van der Waals surface area contributed by atoms with Crippen LogP contribution >= 0.6 is 0 Å². The fourth-order valence-electron chi connectivity index (χ4n) is 3.70. The Labute approximate surface area is 190 Å². The van der Waals surface area contributed by atoms with Gasteiger partial charge in [-0.1, -0.05) is 30.3 Å². The van der Waals surface area contributed by atoms with Crippen molar-refractivity contribution in [2.75, 3.05) is 26.7 Å². The van der Waals surface area contributed by atoms with Gasteiger partial charge in [-0.3, -0.25) is 9.59 Å². The lowest BCUT2D eigenvalue weighted by atomic mass is 10.2. The Bertz CT molecular complexity index is 1090. The maximum absolute atomic E-state index is 14.1. The van der Waals surface area contributed by atoms with E-state index in [-0.39, 0.29) is 49.7 Å². The van der Waals surface area contributed by atoms with Crippen LogP contribution < -0.4 is 4.74 Å². The molecular weight excluding hydrogens is 427 g/mol. The number of ether oxygens (including phenoxy) is 2. The number of carbonyl (C=O) groups is 2. The van der Waals surface area contributed by atoms with Gasteiger partial charge in [0.05, 0.1) is 19.8 Å². The van der Waals surface area contributed by atoms with Gasteiger partial charge < -0.3 is 24.3 Å². The Morgan fingerprint density at radius 1 is 1.18 bits per heavy atom. The van der Waals surface area contributed by atoms with Crippen molar-refractivity contribution in [3.05, 3.63) is 83.7 Å². The molecule has 1 aromatic heterocycles. The third-order valence-corrected chi connectivity index (χ3v) is 5.48. The molecule has 0 bridgehead atoms. The summed E-state index contributed by atoms with van der Waals surface area (Å²) in [7, 11) is 1.59. The van der Waals surface area contributed by atoms with Gasteiger partial charge >= 0.3 is 0 Å². The molecule has 1 fully saturated rings. The van der Waals surface area contributed by atoms with Gasteiger partial charge in [0, 0.05) is 37.6 Å². The topological polar surface area (TPSA) is 87.8 Å². The Kier molecular flexibility index (Phi) is 6.99. The van der Waals surface area contributed by atoms with Gasteiger partial charge in [0.25, 0.3) is 5.91 Å². The summed E-state index contributed by atoms with van der Waals surface area (Å²) < 4.78 is 25.3. The van der Waals surface area contributed by atoms with E-state index in [1.807, 2.05) is 24.3 Å². The molecule has 2 amide bonds. The van der Waals surface area contributed by atoms with Crippen molar-refractivity contribution in [2.45, 2.75) is 19.3 Å². The van der Waals surface area contributed by atoms with E-state index in [0.29, 0.717) is 12.1 Å². The van der Waals surface area contributed by atoms with Crippen molar-refractivity contribution >= 4 is 11.8 Å². The summed E-state index contributed by atoms with van der Waals surface area (Å²) in [5.41, 5.74) is 1.33. The summed E-state index contributed by atoms with van der Waals surface area (Å²) >= 11 is 0. The van der Waals surface area contributed by atoms with Crippen LogP contribution in [0.1, 0.15) is 21.7 Å². The van der Waals surface area contributed by atoms with Gasteiger partial charge in [-0.15, -0.1) is 0 Å². The van der Waals surface area contributed by atoms with E-state index in [2.05, 4.69) is 9.97 Å². The van der Waals surface area contributed by atoms with Crippen molar-refractivity contribution in [3.8, 4) is 5.75 Å². The van der Waals surface area contributed by atoms with Crippen LogP contribution in [0.4, 0.5) is 4.39 Å². The van der Waals surface area contributed by atoms with Gasteiger partial charge in [0.15, 0.2) is 5.82 Å². The second-order valence-electron chi connectivity index (χ2n) is 7.77. The zero-order valence-corrected chi connectivity index (χ0v) is 18.2. The number of carbonyl (C=O) groups excluding carboxylic acids is 2. The maximum Gasteiger partial charge on any atom is 0.290 e. The summed E-state index contributed by atoms with van der Waals surface area (Å²) in [5.74, 6) is -0.0795. The van der Waals surface area contributed by atoms with Crippen LogP contribution in [-0.2, 0) is 22.7 Å². The van der Waals surface area contributed by atoms with E-state index < -0.39 is 6.10 Å². The minimum Gasteiger partial charge on any atom is -0.497 e. The first-order valence-corrected chi connectivity index (χ1v) is 10.6. The fraction of sp³-hybridized carbons (Fsp3) is 0.292. The van der Waals surface area contributed by atoms with Gasteiger partial charge in [-0.2, -0.15) is 0 Å². The molecule has 0 aliphatic carbocycles. The predicted molar refractivity (Wildman–Crippen MR) is 118 cm³/mol. The number of nitrogens with zero attached hydrogens (tertiary/aromatic N) is 3. The molecule has 3 aromatic rings. The first kappa shape index (κ1) is 22.5. The normalized spacial score (nSPS) is 16.5. The molecule has 172 valence electrons. The third-order valence-electron chi connectivity index (χ3n) is 5.48. The number of benzene rings is 2. The molecule has 1 aliphatic heterocycles. The number of hydrogen-bond acceptors (Lipinski definition) is 5. The summed E-state index contributed by atoms with van der Waals surface area (Å²) in [6.45, 7) is 0.727. The van der Waals surface area contributed by atoms with Crippen molar-refractivity contribution in [2.24, 2.45) is 0 Å². The Balaban J connectivity index is 1.52. The Hall–Kier alpha value is -3.72. The van der Waals surface area contributed by atoms with Gasteiger partial charge in [-0.05, 0) is 23.8 Å². The average molecular weight is 452 g/mol. The summed E-state index contributed by atoms with van der Waals surface area (Å²) in [6.07, 6.45) is 2.53. The van der Waals surface area contributed by atoms with E-state index in [4.69, 9.17) is 9.47 Å². The number of halogens is 1. The lowest BCUT2D eigenvalue weighted by molar-refractivity contribution is -0.132. The molecule has 0 radical (unpaired) electrons. The molecule has 2 heterocycles. The van der Waals surface area contributed by atoms with E-state index in [0.717, 1.165) is 11.3 Å². The third kappa shape index (κ3) is 5.56. The van der Waals surface area contributed by atoms with Crippen LogP contribution in [0.3, 0.4) is 0 Å². The molecular formula is C24H25FN4O4. The zero-order valence-electron chi connectivity index (χ0n) is 18.2. The number of imidazole rings is 1. The molecule has 33 heavy (non-hydrogen) atoms. The molecule has 1 atom stereocenters. The largest absolute Gasteiger partial charge is 0.497 e. The maximum atomic E-state index is 14.1. The second kappa shape index (κ2) is 10.3. The predicted octanol–water partition coefficient (Wildman–Crippen LogP) is 2.63. The molecule has 0 saturated carbocycles. The molecule has 9 heteroatoms. The van der Waals surface area contributed by atoms with Gasteiger partial charge in [0.1, 0.15) is 18.1 Å². The van der Waals surface area contributed by atoms with Crippen LogP contribution in [-0.4, -0.2) is 64.4 Å². The van der Waals surface area contributed by atoms with E-state index in [1.54, 1.807) is 36.4 Å². The Morgan fingerprint density at radius 2 is 1.97 bits per heavy atom. The minimum absolute atomic E-state index is 0.0324. The van der Waals surface area contributed by atoms with E-state index >= 15 is 0 Å². The van der Waals surface area contributed by atoms with E-state index in [1.165, 1.54) is 17.2 Å². The SMILES string of the molecule is COc1ccc(CN2CC(OCc3ccccc3F)CN(C(=O)c3ncc[nH]3)CC2=O)cc1. The van der Waals surface area contributed by atoms with Crippen LogP contribution in [0.5, 0.6) is 5.75 Å². The van der Waals surface area contributed by atoms with Crippen molar-refractivity contribution in [1.29, 1.82) is 0 Å². The average Bonchev–Trinajstić information content (AvgIpc) is 3.32. The number of methoxy groups -OCH3 is 1. The van der Waals surface area contributed by atoms with Crippen LogP contribution in [0.25, 0.3) is 0 Å². The Morgan fingerprint density at radius 3 is 2.67 bits per heavy atom. The van der Waals surface area contributed by atoms with Gasteiger partial charge in [-0.25, -0.2) is 9.37 Å². The smallest absolute Gasteiger partial charge is 0.290 e. The van der Waals surface area contributed by atoms with Crippen LogP contribution in [0.15, 0.2) is 60.9 Å². The van der Waals surface area contributed by atoms with E-state index in [9.17, 15) is 14.0 Å². The number of amides is 2. The summed E-state index contributed by atoms with van der Waals surface area (Å²) in [4.78, 5) is 35.8. The number of nitrogens with one attached hydrogen (secondary N) is 1. The highest BCUT2D eigenvalue weighted by atomic mass is 19.1. The molecule has 0 spiro atoms. The minimum atomic E-state index is -0.506. The van der Waals surface area contributed by atoms with Crippen LogP contribution in [0, 0.1) is 5.82 Å². The number of rotatable bonds is 7. The lowest BCUT2D eigenvalue weighted by Gasteiger charge is -2.25. The fourth-order valence-corrected chi connectivity index (χ4v) is 3.70. The number of H-pyrrole nitrogens is 1. The highest BCUT2D eigenvalue weighted by Gasteiger charge is 2.32. The van der Waals surface area contributed by atoms with Crippen molar-refractivity contribution in [1.82, 2.24) is 19.8 Å². The first-order valence-electron chi connectivity index (χ1n) is 10.6. The molecule has 2 aromatic carbocycles. The van der Waals surface area contributed by atoms with Gasteiger partial charge in [0.2, 0.25) is 5.91 Å². The standard InChI is InChI=1S/C24H25FN4O4/c1-32-19-8-6-17(7-9-19)12-28-13-20(33-16-18-4-2-3-5-21(18)25)14-29(15-22(28)30)24(31)23-26-10-11-27-23/h2-11,20H,12-16H2,1H3,(H,26,27). The molecule has 1 aliphatic rings. The summed E-state index contributed by atoms with van der Waals surface area (Å²) in [6, 6.07) is 13.8. The first-order chi connectivity index (χ1) is 16.0. The molecule has 1 unspecified atom stereocenters. The number of aromatic amines is 1. The quantitative estimate of drug-likeness (QED) is 0.596. The number of aromatic nitrogens is 2. The zero-order chi connectivity index (χ0) is 23.2. The summed E-state index contributed by atoms with van der Waals surface area (Å²) in [5, 5.41) is 0. The van der Waals surface area contributed by atoms with Crippen molar-refractivity contribution in [3.63, 3.8) is 0 Å². The second-order valence-corrected chi connectivity index (χ2v) is 7.77.